The summed E-state index contributed by atoms with van der Waals surface area (Å²) in [4.78, 5) is 26.0. The van der Waals surface area contributed by atoms with E-state index in [1.165, 1.54) is 23.1 Å². The zero-order chi connectivity index (χ0) is 20.4. The highest BCUT2D eigenvalue weighted by Gasteiger charge is 2.22. The lowest BCUT2D eigenvalue weighted by molar-refractivity contribution is 0.103. The van der Waals surface area contributed by atoms with Gasteiger partial charge in [0.2, 0.25) is 0 Å². The number of anilines is 2. The number of hydrogen-bond acceptors (Lipinski definition) is 8. The molecular formula is C20H22N4O3S2. The summed E-state index contributed by atoms with van der Waals surface area (Å²) in [5.74, 6) is 1.93. The summed E-state index contributed by atoms with van der Waals surface area (Å²) in [5, 5.41) is 4.59. The molecule has 3 heterocycles. The van der Waals surface area contributed by atoms with Gasteiger partial charge in [0.15, 0.2) is 5.16 Å². The molecule has 0 aliphatic carbocycles. The van der Waals surface area contributed by atoms with E-state index in [0.717, 1.165) is 47.1 Å². The summed E-state index contributed by atoms with van der Waals surface area (Å²) < 4.78 is 10.6. The third kappa shape index (κ3) is 3.97. The van der Waals surface area contributed by atoms with Crippen molar-refractivity contribution in [2.45, 2.75) is 18.0 Å². The third-order valence-electron chi connectivity index (χ3n) is 4.82. The minimum atomic E-state index is -0.199. The van der Waals surface area contributed by atoms with Crippen molar-refractivity contribution in [1.29, 1.82) is 0 Å². The lowest BCUT2D eigenvalue weighted by Gasteiger charge is -2.17. The molecule has 0 saturated carbocycles. The number of thioether (sulfide) groups is 1. The summed E-state index contributed by atoms with van der Waals surface area (Å²) in [6.45, 7) is 1.97. The van der Waals surface area contributed by atoms with Crippen molar-refractivity contribution in [3.05, 3.63) is 29.1 Å². The van der Waals surface area contributed by atoms with E-state index in [1.807, 2.05) is 12.3 Å². The van der Waals surface area contributed by atoms with Crippen molar-refractivity contribution >= 4 is 50.7 Å². The quantitative estimate of drug-likeness (QED) is 0.462. The molecule has 1 saturated heterocycles. The Kier molecular flexibility index (Phi) is 5.77. The Morgan fingerprint density at radius 2 is 1.97 bits per heavy atom. The molecule has 1 fully saturated rings. The average molecular weight is 431 g/mol. The number of nitrogens with zero attached hydrogens (tertiary/aromatic N) is 3. The highest BCUT2D eigenvalue weighted by molar-refractivity contribution is 7.98. The molecule has 7 nitrogen and oxygen atoms in total. The third-order valence-corrected chi connectivity index (χ3v) is 6.40. The van der Waals surface area contributed by atoms with Crippen LogP contribution in [0.1, 0.15) is 22.5 Å². The topological polar surface area (TPSA) is 76.6 Å². The summed E-state index contributed by atoms with van der Waals surface area (Å²) in [6, 6.07) is 7.18. The lowest BCUT2D eigenvalue weighted by Crippen LogP contribution is -2.19. The minimum absolute atomic E-state index is 0.199. The maximum absolute atomic E-state index is 12.9. The van der Waals surface area contributed by atoms with Crippen LogP contribution in [0.25, 0.3) is 10.2 Å². The Morgan fingerprint density at radius 1 is 1.17 bits per heavy atom. The molecule has 9 heteroatoms. The first-order valence-electron chi connectivity index (χ1n) is 9.27. The molecule has 0 bridgehead atoms. The van der Waals surface area contributed by atoms with Crippen LogP contribution in [0.4, 0.5) is 11.5 Å². The molecule has 0 unspecified atom stereocenters. The fraction of sp³-hybridized carbons (Fsp3) is 0.350. The SMILES string of the molecule is COc1ccc(NC(=O)c2cc3c(N4CCCC4)nc(SC)nc3s2)c(OC)c1. The second kappa shape index (κ2) is 8.46. The largest absolute Gasteiger partial charge is 0.497 e. The average Bonchev–Trinajstić information content (AvgIpc) is 3.43. The number of nitrogens with one attached hydrogen (secondary N) is 1. The standard InChI is InChI=1S/C20H22N4O3S2/c1-26-12-6-7-14(15(10-12)27-2)21-18(25)16-11-13-17(24-8-4-5-9-24)22-20(28-3)23-19(13)29-16/h6-7,10-11H,4-5,8-9H2,1-3H3,(H,21,25). The van der Waals surface area contributed by atoms with Gasteiger partial charge in [0.1, 0.15) is 22.1 Å². The van der Waals surface area contributed by atoms with Crippen LogP contribution in [0.3, 0.4) is 0 Å². The van der Waals surface area contributed by atoms with Gasteiger partial charge in [-0.2, -0.15) is 0 Å². The molecular weight excluding hydrogens is 408 g/mol. The number of amides is 1. The van der Waals surface area contributed by atoms with Crippen LogP contribution >= 0.6 is 23.1 Å². The Hall–Kier alpha value is -2.52. The van der Waals surface area contributed by atoms with E-state index in [1.54, 1.807) is 32.4 Å². The fourth-order valence-electron chi connectivity index (χ4n) is 3.35. The van der Waals surface area contributed by atoms with E-state index in [-0.39, 0.29) is 5.91 Å². The molecule has 1 N–H and O–H groups in total. The van der Waals surface area contributed by atoms with E-state index >= 15 is 0 Å². The van der Waals surface area contributed by atoms with Gasteiger partial charge in [0.25, 0.3) is 5.91 Å². The lowest BCUT2D eigenvalue weighted by atomic mass is 10.2. The molecule has 0 spiro atoms. The second-order valence-corrected chi connectivity index (χ2v) is 8.38. The number of thiophene rings is 1. The van der Waals surface area contributed by atoms with Crippen molar-refractivity contribution in [3.63, 3.8) is 0 Å². The van der Waals surface area contributed by atoms with Crippen molar-refractivity contribution in [3.8, 4) is 11.5 Å². The van der Waals surface area contributed by atoms with Gasteiger partial charge in [0, 0.05) is 19.2 Å². The van der Waals surface area contributed by atoms with E-state index in [2.05, 4.69) is 15.2 Å². The number of carbonyl (C=O) groups is 1. The maximum Gasteiger partial charge on any atom is 0.265 e. The monoisotopic (exact) mass is 430 g/mol. The first-order valence-corrected chi connectivity index (χ1v) is 11.3. The van der Waals surface area contributed by atoms with Gasteiger partial charge in [-0.15, -0.1) is 11.3 Å². The number of rotatable bonds is 6. The smallest absolute Gasteiger partial charge is 0.265 e. The first-order chi connectivity index (χ1) is 14.1. The van der Waals surface area contributed by atoms with E-state index in [0.29, 0.717) is 22.1 Å². The van der Waals surface area contributed by atoms with Gasteiger partial charge < -0.3 is 19.7 Å². The summed E-state index contributed by atoms with van der Waals surface area (Å²) in [6.07, 6.45) is 4.29. The van der Waals surface area contributed by atoms with Gasteiger partial charge in [-0.3, -0.25) is 4.79 Å². The number of hydrogen-bond donors (Lipinski definition) is 1. The van der Waals surface area contributed by atoms with E-state index < -0.39 is 0 Å². The molecule has 3 aromatic rings. The molecule has 29 heavy (non-hydrogen) atoms. The van der Waals surface area contributed by atoms with Gasteiger partial charge in [-0.25, -0.2) is 9.97 Å². The number of carbonyl (C=O) groups excluding carboxylic acids is 1. The van der Waals surface area contributed by atoms with E-state index in [4.69, 9.17) is 14.5 Å². The van der Waals surface area contributed by atoms with Crippen molar-refractivity contribution in [2.24, 2.45) is 0 Å². The molecule has 0 atom stereocenters. The molecule has 1 aliphatic heterocycles. The normalized spacial score (nSPS) is 13.7. The number of benzene rings is 1. The highest BCUT2D eigenvalue weighted by Crippen LogP contribution is 2.35. The van der Waals surface area contributed by atoms with Crippen LogP contribution in [0.5, 0.6) is 11.5 Å². The number of fused-ring (bicyclic) bond motifs is 1. The van der Waals surface area contributed by atoms with Gasteiger partial charge in [-0.1, -0.05) is 11.8 Å². The molecule has 1 aliphatic rings. The summed E-state index contributed by atoms with van der Waals surface area (Å²) in [5.41, 5.74) is 0.589. The molecule has 152 valence electrons. The van der Waals surface area contributed by atoms with Crippen LogP contribution in [0.2, 0.25) is 0 Å². The van der Waals surface area contributed by atoms with Crippen LogP contribution in [-0.2, 0) is 0 Å². The Balaban J connectivity index is 1.67. The van der Waals surface area contributed by atoms with Crippen LogP contribution in [-0.4, -0.2) is 49.4 Å². The molecule has 2 aromatic heterocycles. The maximum atomic E-state index is 12.9. The second-order valence-electron chi connectivity index (χ2n) is 6.58. The predicted molar refractivity (Wildman–Crippen MR) is 118 cm³/mol. The zero-order valence-corrected chi connectivity index (χ0v) is 18.2. The number of methoxy groups -OCH3 is 2. The van der Waals surface area contributed by atoms with Crippen LogP contribution in [0.15, 0.2) is 29.4 Å². The molecule has 0 radical (unpaired) electrons. The van der Waals surface area contributed by atoms with Gasteiger partial charge in [-0.05, 0) is 37.3 Å². The number of aromatic nitrogens is 2. The highest BCUT2D eigenvalue weighted by atomic mass is 32.2. The zero-order valence-electron chi connectivity index (χ0n) is 16.5. The van der Waals surface area contributed by atoms with Crippen molar-refractivity contribution < 1.29 is 14.3 Å². The van der Waals surface area contributed by atoms with Gasteiger partial charge >= 0.3 is 0 Å². The minimum Gasteiger partial charge on any atom is -0.497 e. The molecule has 4 rings (SSSR count). The van der Waals surface area contributed by atoms with Gasteiger partial charge in [0.05, 0.1) is 30.2 Å². The van der Waals surface area contributed by atoms with Crippen molar-refractivity contribution in [2.75, 3.05) is 43.8 Å². The Bertz CT molecular complexity index is 1050. The first kappa shape index (κ1) is 19.8. The molecule has 1 aromatic carbocycles. The predicted octanol–water partition coefficient (Wildman–Crippen LogP) is 4.28. The summed E-state index contributed by atoms with van der Waals surface area (Å²) >= 11 is 2.89. The molecule has 1 amide bonds. The Labute approximate surface area is 177 Å². The summed E-state index contributed by atoms with van der Waals surface area (Å²) in [7, 11) is 3.15. The number of ether oxygens (including phenoxy) is 2. The van der Waals surface area contributed by atoms with Crippen LogP contribution < -0.4 is 19.7 Å². The fourth-order valence-corrected chi connectivity index (χ4v) is 4.69. The van der Waals surface area contributed by atoms with Crippen LogP contribution in [0, 0.1) is 0 Å². The van der Waals surface area contributed by atoms with Crippen molar-refractivity contribution in [1.82, 2.24) is 9.97 Å². The Morgan fingerprint density at radius 3 is 2.66 bits per heavy atom. The van der Waals surface area contributed by atoms with E-state index in [9.17, 15) is 4.79 Å².